The minimum atomic E-state index is 0.0664. The van der Waals surface area contributed by atoms with Gasteiger partial charge in [0.1, 0.15) is 6.04 Å². The summed E-state index contributed by atoms with van der Waals surface area (Å²) in [6, 6.07) is 18.1. The maximum atomic E-state index is 11.9. The van der Waals surface area contributed by atoms with Gasteiger partial charge in [-0.2, -0.15) is 0 Å². The fraction of sp³-hybridized carbons (Fsp3) is 0.278. The molecular weight excluding hydrogens is 296 g/mol. The summed E-state index contributed by atoms with van der Waals surface area (Å²) < 4.78 is 0. The van der Waals surface area contributed by atoms with Gasteiger partial charge in [-0.3, -0.25) is 4.79 Å². The molecule has 0 aliphatic heterocycles. The lowest BCUT2D eigenvalue weighted by atomic mass is 10.1. The molecule has 4 heteroatoms. The Morgan fingerprint density at radius 3 is 2.50 bits per heavy atom. The highest BCUT2D eigenvalue weighted by Crippen LogP contribution is 2.13. The number of quaternary nitrogens is 1. The summed E-state index contributed by atoms with van der Waals surface area (Å²) in [5, 5.41) is 5.72. The lowest BCUT2D eigenvalue weighted by molar-refractivity contribution is -0.682. The van der Waals surface area contributed by atoms with Crippen LogP contribution in [0.2, 0.25) is 5.02 Å². The maximum Gasteiger partial charge on any atom is 0.275 e. The van der Waals surface area contributed by atoms with Gasteiger partial charge in [-0.1, -0.05) is 54.1 Å². The molecule has 0 aliphatic carbocycles. The van der Waals surface area contributed by atoms with E-state index in [9.17, 15) is 4.79 Å². The monoisotopic (exact) mass is 317 g/mol. The molecule has 0 saturated carbocycles. The Morgan fingerprint density at radius 2 is 1.82 bits per heavy atom. The third kappa shape index (κ3) is 5.51. The molecule has 0 heterocycles. The molecule has 116 valence electrons. The van der Waals surface area contributed by atoms with E-state index in [-0.39, 0.29) is 11.9 Å². The van der Waals surface area contributed by atoms with E-state index in [1.807, 2.05) is 47.8 Å². The summed E-state index contributed by atoms with van der Waals surface area (Å²) in [4.78, 5) is 11.9. The van der Waals surface area contributed by atoms with E-state index in [0.717, 1.165) is 11.4 Å². The highest BCUT2D eigenvalue weighted by molar-refractivity contribution is 6.30. The predicted octanol–water partition coefficient (Wildman–Crippen LogP) is 2.32. The summed E-state index contributed by atoms with van der Waals surface area (Å²) in [6.07, 6.45) is 0.860. The number of hydrogen-bond donors (Lipinski definition) is 2. The molecule has 0 unspecified atom stereocenters. The molecule has 0 aliphatic rings. The van der Waals surface area contributed by atoms with E-state index in [1.54, 1.807) is 0 Å². The summed E-state index contributed by atoms with van der Waals surface area (Å²) in [5.41, 5.74) is 2.41. The van der Waals surface area contributed by atoms with Gasteiger partial charge < -0.3 is 10.6 Å². The normalized spacial score (nSPS) is 11.9. The van der Waals surface area contributed by atoms with Crippen molar-refractivity contribution in [2.45, 2.75) is 19.4 Å². The van der Waals surface area contributed by atoms with E-state index in [0.29, 0.717) is 13.1 Å². The zero-order valence-corrected chi connectivity index (χ0v) is 13.5. The van der Waals surface area contributed by atoms with Gasteiger partial charge in [-0.05, 0) is 31.0 Å². The second kappa shape index (κ2) is 8.57. The van der Waals surface area contributed by atoms with Crippen molar-refractivity contribution in [3.05, 3.63) is 70.7 Å². The quantitative estimate of drug-likeness (QED) is 0.809. The van der Waals surface area contributed by atoms with E-state index in [2.05, 4.69) is 24.4 Å². The second-order valence-electron chi connectivity index (χ2n) is 5.37. The third-order valence-electron chi connectivity index (χ3n) is 3.63. The fourth-order valence-corrected chi connectivity index (χ4v) is 2.38. The number of amides is 1. The van der Waals surface area contributed by atoms with Gasteiger partial charge in [0.2, 0.25) is 0 Å². The molecule has 22 heavy (non-hydrogen) atoms. The van der Waals surface area contributed by atoms with Gasteiger partial charge in [0.25, 0.3) is 5.91 Å². The Kier molecular flexibility index (Phi) is 6.44. The minimum Gasteiger partial charge on any atom is -0.351 e. The van der Waals surface area contributed by atoms with E-state index in [4.69, 9.17) is 11.6 Å². The van der Waals surface area contributed by atoms with Gasteiger partial charge in [0.05, 0.1) is 0 Å². The minimum absolute atomic E-state index is 0.0664. The van der Waals surface area contributed by atoms with Gasteiger partial charge in [0.15, 0.2) is 6.54 Å². The number of halogens is 1. The van der Waals surface area contributed by atoms with Crippen LogP contribution in [0, 0.1) is 0 Å². The van der Waals surface area contributed by atoms with Crippen molar-refractivity contribution in [3.8, 4) is 0 Å². The lowest BCUT2D eigenvalue weighted by Gasteiger charge is -2.11. The molecule has 3 nitrogen and oxygen atoms in total. The molecule has 2 aromatic carbocycles. The molecule has 2 rings (SSSR count). The summed E-state index contributed by atoms with van der Waals surface area (Å²) in [7, 11) is 0. The number of rotatable bonds is 7. The summed E-state index contributed by atoms with van der Waals surface area (Å²) in [6.45, 7) is 3.19. The van der Waals surface area contributed by atoms with Crippen LogP contribution in [0.3, 0.4) is 0 Å². The van der Waals surface area contributed by atoms with Gasteiger partial charge in [-0.15, -0.1) is 0 Å². The van der Waals surface area contributed by atoms with E-state index < -0.39 is 0 Å². The fourth-order valence-electron chi connectivity index (χ4n) is 2.25. The Morgan fingerprint density at radius 1 is 1.14 bits per heavy atom. The predicted molar refractivity (Wildman–Crippen MR) is 89.8 cm³/mol. The molecule has 0 fully saturated rings. The van der Waals surface area contributed by atoms with E-state index in [1.165, 1.54) is 11.1 Å². The smallest absolute Gasteiger partial charge is 0.275 e. The molecule has 0 saturated heterocycles. The summed E-state index contributed by atoms with van der Waals surface area (Å²) >= 11 is 5.88. The van der Waals surface area contributed by atoms with Gasteiger partial charge in [0, 0.05) is 17.1 Å². The van der Waals surface area contributed by atoms with Crippen LogP contribution in [0.4, 0.5) is 0 Å². The average Bonchev–Trinajstić information content (AvgIpc) is 2.54. The van der Waals surface area contributed by atoms with Crippen molar-refractivity contribution in [3.63, 3.8) is 0 Å². The highest BCUT2D eigenvalue weighted by atomic mass is 35.5. The molecule has 1 amide bonds. The van der Waals surface area contributed by atoms with Gasteiger partial charge in [-0.25, -0.2) is 0 Å². The van der Waals surface area contributed by atoms with Crippen LogP contribution in [0.1, 0.15) is 24.1 Å². The number of hydrogen-bond acceptors (Lipinski definition) is 1. The first-order chi connectivity index (χ1) is 10.6. The van der Waals surface area contributed by atoms with Crippen molar-refractivity contribution in [2.75, 3.05) is 13.1 Å². The Bertz CT molecular complexity index is 584. The van der Waals surface area contributed by atoms with Crippen molar-refractivity contribution in [2.24, 2.45) is 0 Å². The second-order valence-corrected chi connectivity index (χ2v) is 5.80. The Labute approximate surface area is 136 Å². The number of carbonyl (C=O) groups excluding carboxylic acids is 1. The van der Waals surface area contributed by atoms with Crippen LogP contribution in [-0.4, -0.2) is 19.0 Å². The Hall–Kier alpha value is -1.84. The topological polar surface area (TPSA) is 45.7 Å². The van der Waals surface area contributed by atoms with Crippen LogP contribution in [-0.2, 0) is 11.2 Å². The van der Waals surface area contributed by atoms with Gasteiger partial charge >= 0.3 is 0 Å². The SMILES string of the molecule is C[C@@H]([NH2+]CC(=O)NCCc1ccccc1)c1ccc(Cl)cc1. The average molecular weight is 318 g/mol. The largest absolute Gasteiger partial charge is 0.351 e. The van der Waals surface area contributed by atoms with Crippen LogP contribution in [0.25, 0.3) is 0 Å². The number of benzene rings is 2. The Balaban J connectivity index is 1.68. The first kappa shape index (κ1) is 16.5. The van der Waals surface area contributed by atoms with Crippen molar-refractivity contribution in [1.82, 2.24) is 5.32 Å². The zero-order chi connectivity index (χ0) is 15.8. The molecule has 0 spiro atoms. The number of nitrogens with two attached hydrogens (primary N) is 1. The molecule has 2 aromatic rings. The van der Waals surface area contributed by atoms with Crippen LogP contribution in [0.5, 0.6) is 0 Å². The third-order valence-corrected chi connectivity index (χ3v) is 3.88. The van der Waals surface area contributed by atoms with E-state index >= 15 is 0 Å². The molecule has 3 N–H and O–H groups in total. The summed E-state index contributed by atoms with van der Waals surface area (Å²) in [5.74, 6) is 0.0664. The zero-order valence-electron chi connectivity index (χ0n) is 12.8. The number of carbonyl (C=O) groups is 1. The lowest BCUT2D eigenvalue weighted by Crippen LogP contribution is -2.87. The van der Waals surface area contributed by atoms with Crippen molar-refractivity contribution < 1.29 is 10.1 Å². The highest BCUT2D eigenvalue weighted by Gasteiger charge is 2.11. The first-order valence-corrected chi connectivity index (χ1v) is 7.92. The first-order valence-electron chi connectivity index (χ1n) is 7.54. The van der Waals surface area contributed by atoms with Crippen LogP contribution < -0.4 is 10.6 Å². The van der Waals surface area contributed by atoms with Crippen molar-refractivity contribution >= 4 is 17.5 Å². The molecule has 0 radical (unpaired) electrons. The number of nitrogens with one attached hydrogen (secondary N) is 1. The molecular formula is C18H22ClN2O+. The standard InChI is InChI=1S/C18H21ClN2O/c1-14(16-7-9-17(19)10-8-16)21-13-18(22)20-12-11-15-5-3-2-4-6-15/h2-10,14,21H,11-13H2,1H3,(H,20,22)/p+1/t14-/m1/s1. The van der Waals surface area contributed by atoms with Crippen molar-refractivity contribution in [1.29, 1.82) is 0 Å². The molecule has 0 aromatic heterocycles. The maximum absolute atomic E-state index is 11.9. The molecule has 1 atom stereocenters. The van der Waals surface area contributed by atoms with Crippen LogP contribution >= 0.6 is 11.6 Å². The van der Waals surface area contributed by atoms with Crippen LogP contribution in [0.15, 0.2) is 54.6 Å². The molecule has 0 bridgehead atoms.